The number of benzene rings is 3. The van der Waals surface area contributed by atoms with Crippen LogP contribution in [0.25, 0.3) is 21.9 Å². The number of amides is 1. The molecule has 0 atom stereocenters. The Bertz CT molecular complexity index is 1420. The molecule has 0 bridgehead atoms. The zero-order chi connectivity index (χ0) is 22.6. The van der Waals surface area contributed by atoms with Crippen LogP contribution in [0.1, 0.15) is 29.0 Å². The molecule has 0 radical (unpaired) electrons. The third-order valence-corrected chi connectivity index (χ3v) is 5.76. The summed E-state index contributed by atoms with van der Waals surface area (Å²) in [6.45, 7) is 0.675. The molecule has 6 heteroatoms. The van der Waals surface area contributed by atoms with Crippen molar-refractivity contribution < 1.29 is 9.53 Å². The molecule has 6 nitrogen and oxygen atoms in total. The number of hydrogen-bond acceptors (Lipinski definition) is 4. The number of alkyl carbamates (subject to hydrolysis) is 1. The molecule has 0 fully saturated rings. The molecule has 0 saturated heterocycles. The lowest BCUT2D eigenvalue weighted by Gasteiger charge is -2.14. The summed E-state index contributed by atoms with van der Waals surface area (Å²) in [4.78, 5) is 23.9. The number of nitrogens with zero attached hydrogens (tertiary/aromatic N) is 1. The minimum absolute atomic E-state index is 0.0394. The van der Waals surface area contributed by atoms with Crippen molar-refractivity contribution in [1.82, 2.24) is 15.5 Å². The fraction of sp³-hybridized carbons (Fsp3) is 0.148. The van der Waals surface area contributed by atoms with E-state index in [1.165, 1.54) is 22.3 Å². The summed E-state index contributed by atoms with van der Waals surface area (Å²) in [6, 6.07) is 21.8. The third-order valence-electron chi connectivity index (χ3n) is 5.76. The van der Waals surface area contributed by atoms with Crippen LogP contribution in [0, 0.1) is 11.8 Å². The van der Waals surface area contributed by atoms with Gasteiger partial charge in [-0.15, -0.1) is 0 Å². The van der Waals surface area contributed by atoms with Gasteiger partial charge in [0.1, 0.15) is 6.61 Å². The molecule has 1 aliphatic rings. The van der Waals surface area contributed by atoms with E-state index in [-0.39, 0.29) is 18.1 Å². The van der Waals surface area contributed by atoms with E-state index in [4.69, 9.17) is 4.74 Å². The largest absolute Gasteiger partial charge is 0.449 e. The van der Waals surface area contributed by atoms with Crippen LogP contribution in [-0.2, 0) is 4.74 Å². The highest BCUT2D eigenvalue weighted by Gasteiger charge is 2.28. The summed E-state index contributed by atoms with van der Waals surface area (Å²) >= 11 is 0. The van der Waals surface area contributed by atoms with Crippen molar-refractivity contribution in [3.8, 4) is 23.0 Å². The second kappa shape index (κ2) is 9.01. The molecule has 0 spiro atoms. The Kier molecular flexibility index (Phi) is 5.61. The fourth-order valence-corrected chi connectivity index (χ4v) is 4.22. The number of rotatable bonds is 4. The van der Waals surface area contributed by atoms with Gasteiger partial charge in [-0.25, -0.2) is 9.89 Å². The Morgan fingerprint density at radius 1 is 1.03 bits per heavy atom. The summed E-state index contributed by atoms with van der Waals surface area (Å²) in [5.41, 5.74) is 5.34. The molecular formula is C27H21N3O3. The van der Waals surface area contributed by atoms with Crippen LogP contribution in [0.15, 0.2) is 77.7 Å². The molecule has 33 heavy (non-hydrogen) atoms. The average molecular weight is 435 g/mol. The minimum Gasteiger partial charge on any atom is -0.449 e. The van der Waals surface area contributed by atoms with E-state index in [1.54, 1.807) is 18.3 Å². The molecule has 3 aromatic carbocycles. The molecule has 4 aromatic rings. The first-order chi connectivity index (χ1) is 16.2. The van der Waals surface area contributed by atoms with Crippen LogP contribution in [0.2, 0.25) is 0 Å². The van der Waals surface area contributed by atoms with Gasteiger partial charge >= 0.3 is 6.09 Å². The summed E-state index contributed by atoms with van der Waals surface area (Å²) in [7, 11) is 0. The second-order valence-corrected chi connectivity index (χ2v) is 7.81. The van der Waals surface area contributed by atoms with Crippen LogP contribution in [0.5, 0.6) is 0 Å². The molecule has 1 aromatic heterocycles. The predicted octanol–water partition coefficient (Wildman–Crippen LogP) is 4.20. The smallest absolute Gasteiger partial charge is 0.407 e. The van der Waals surface area contributed by atoms with Crippen LogP contribution in [0.3, 0.4) is 0 Å². The monoisotopic (exact) mass is 435 g/mol. The number of H-pyrrole nitrogens is 1. The van der Waals surface area contributed by atoms with Gasteiger partial charge in [-0.1, -0.05) is 60.4 Å². The van der Waals surface area contributed by atoms with E-state index in [2.05, 4.69) is 51.6 Å². The van der Waals surface area contributed by atoms with Crippen molar-refractivity contribution in [3.05, 3.63) is 100.0 Å². The normalized spacial score (nSPS) is 11.9. The third kappa shape index (κ3) is 4.21. The Morgan fingerprint density at radius 3 is 2.52 bits per heavy atom. The van der Waals surface area contributed by atoms with Gasteiger partial charge in [0, 0.05) is 29.8 Å². The number of aromatic amines is 1. The maximum atomic E-state index is 12.2. The fourth-order valence-electron chi connectivity index (χ4n) is 4.22. The van der Waals surface area contributed by atoms with Gasteiger partial charge in [-0.05, 0) is 40.5 Å². The van der Waals surface area contributed by atoms with Crippen molar-refractivity contribution in [2.75, 3.05) is 13.2 Å². The molecule has 1 heterocycles. The Balaban J connectivity index is 1.14. The first-order valence-electron chi connectivity index (χ1n) is 10.8. The molecule has 1 amide bonds. The number of hydrogen-bond donors (Lipinski definition) is 2. The quantitative estimate of drug-likeness (QED) is 0.372. The van der Waals surface area contributed by atoms with Crippen molar-refractivity contribution in [2.45, 2.75) is 12.3 Å². The molecule has 1 aliphatic carbocycles. The van der Waals surface area contributed by atoms with Gasteiger partial charge in [0.05, 0.1) is 11.6 Å². The summed E-state index contributed by atoms with van der Waals surface area (Å²) < 4.78 is 5.53. The highest BCUT2D eigenvalue weighted by Crippen LogP contribution is 2.44. The van der Waals surface area contributed by atoms with Crippen molar-refractivity contribution in [2.24, 2.45) is 0 Å². The van der Waals surface area contributed by atoms with Crippen molar-refractivity contribution in [3.63, 3.8) is 0 Å². The van der Waals surface area contributed by atoms with E-state index in [9.17, 15) is 9.59 Å². The number of carbonyl (C=O) groups excluding carboxylic acids is 1. The Labute approximate surface area is 190 Å². The van der Waals surface area contributed by atoms with E-state index < -0.39 is 6.09 Å². The number of nitrogens with one attached hydrogen (secondary N) is 2. The lowest BCUT2D eigenvalue weighted by Crippen LogP contribution is -2.26. The minimum atomic E-state index is -0.449. The Hall–Kier alpha value is -4.37. The van der Waals surface area contributed by atoms with Crippen molar-refractivity contribution in [1.29, 1.82) is 0 Å². The van der Waals surface area contributed by atoms with E-state index in [0.717, 1.165) is 10.9 Å². The van der Waals surface area contributed by atoms with E-state index in [1.807, 2.05) is 30.3 Å². The van der Waals surface area contributed by atoms with Gasteiger partial charge in [-0.3, -0.25) is 4.79 Å². The second-order valence-electron chi connectivity index (χ2n) is 7.81. The van der Waals surface area contributed by atoms with Gasteiger partial charge in [0.15, 0.2) is 0 Å². The first-order valence-corrected chi connectivity index (χ1v) is 10.8. The van der Waals surface area contributed by atoms with Crippen LogP contribution in [-0.4, -0.2) is 29.4 Å². The number of carbonyl (C=O) groups is 1. The van der Waals surface area contributed by atoms with Gasteiger partial charge < -0.3 is 10.1 Å². The molecule has 0 saturated carbocycles. The summed E-state index contributed by atoms with van der Waals surface area (Å²) in [5, 5.41) is 10.3. The highest BCUT2D eigenvalue weighted by atomic mass is 16.5. The summed E-state index contributed by atoms with van der Waals surface area (Å²) in [6.07, 6.45) is 1.63. The highest BCUT2D eigenvalue weighted by molar-refractivity contribution is 5.82. The first kappa shape index (κ1) is 20.5. The van der Waals surface area contributed by atoms with Gasteiger partial charge in [0.2, 0.25) is 0 Å². The predicted molar refractivity (Wildman–Crippen MR) is 127 cm³/mol. The molecule has 0 aliphatic heterocycles. The van der Waals surface area contributed by atoms with Crippen LogP contribution in [0.4, 0.5) is 4.79 Å². The maximum absolute atomic E-state index is 12.2. The zero-order valence-corrected chi connectivity index (χ0v) is 17.8. The van der Waals surface area contributed by atoms with Crippen molar-refractivity contribution >= 4 is 16.9 Å². The lowest BCUT2D eigenvalue weighted by atomic mass is 9.98. The number of aromatic nitrogens is 2. The lowest BCUT2D eigenvalue weighted by molar-refractivity contribution is 0.143. The number of ether oxygens (including phenoxy) is 1. The topological polar surface area (TPSA) is 84.1 Å². The number of fused-ring (bicyclic) bond motifs is 4. The van der Waals surface area contributed by atoms with Crippen LogP contribution >= 0.6 is 0 Å². The Morgan fingerprint density at radius 2 is 1.76 bits per heavy atom. The van der Waals surface area contributed by atoms with Crippen LogP contribution < -0.4 is 10.9 Å². The average Bonchev–Trinajstić information content (AvgIpc) is 3.16. The van der Waals surface area contributed by atoms with Gasteiger partial charge in [-0.2, -0.15) is 5.10 Å². The maximum Gasteiger partial charge on any atom is 0.407 e. The SMILES string of the molecule is O=C(NCCC#Cc1ccc2c(=O)[nH]ncc2c1)OCC1c2ccccc2-c2ccccc21. The zero-order valence-electron chi connectivity index (χ0n) is 17.8. The van der Waals surface area contributed by atoms with E-state index >= 15 is 0 Å². The molecular weight excluding hydrogens is 414 g/mol. The molecule has 2 N–H and O–H groups in total. The molecule has 5 rings (SSSR count). The van der Waals surface area contributed by atoms with Gasteiger partial charge in [0.25, 0.3) is 5.56 Å². The molecule has 162 valence electrons. The summed E-state index contributed by atoms with van der Waals surface area (Å²) in [5.74, 6) is 6.12. The standard InChI is InChI=1S/C27H21N3O3/c31-26-20-13-12-18(15-19(20)16-29-30-26)7-5-6-14-28-27(32)33-17-25-23-10-3-1-8-21(23)22-9-2-4-11-24(22)25/h1-4,8-13,15-16,25H,6,14,17H2,(H,28,32)(H,30,31). The van der Waals surface area contributed by atoms with E-state index in [0.29, 0.717) is 18.4 Å². The molecule has 0 unspecified atom stereocenters.